The number of carbonyl (C=O) groups is 1. The number of hydrogen-bond acceptors (Lipinski definition) is 4. The highest BCUT2D eigenvalue weighted by Gasteiger charge is 2.13. The van der Waals surface area contributed by atoms with Gasteiger partial charge in [0.1, 0.15) is 0 Å². The summed E-state index contributed by atoms with van der Waals surface area (Å²) in [7, 11) is 1.72. The fraction of sp³-hybridized carbons (Fsp3) is 0.700. The van der Waals surface area contributed by atoms with E-state index in [1.54, 1.807) is 13.2 Å². The van der Waals surface area contributed by atoms with Crippen LogP contribution < -0.4 is 5.32 Å². The molecule has 16 heavy (non-hydrogen) atoms. The Hall–Kier alpha value is -1.43. The zero-order chi connectivity index (χ0) is 11.4. The largest absolute Gasteiger partial charge is 0.308 e. The summed E-state index contributed by atoms with van der Waals surface area (Å²) in [5, 5.41) is 10.6. The van der Waals surface area contributed by atoms with E-state index < -0.39 is 0 Å². The summed E-state index contributed by atoms with van der Waals surface area (Å²) in [6, 6.07) is 0. The molecular formula is C10H17N5O. The lowest BCUT2D eigenvalue weighted by molar-refractivity contribution is -0.116. The molecule has 1 N–H and O–H groups in total. The third-order valence-corrected chi connectivity index (χ3v) is 2.72. The highest BCUT2D eigenvalue weighted by atomic mass is 16.1. The van der Waals surface area contributed by atoms with E-state index in [1.165, 1.54) is 17.6 Å². The maximum atomic E-state index is 11.6. The van der Waals surface area contributed by atoms with Gasteiger partial charge < -0.3 is 10.2 Å². The van der Waals surface area contributed by atoms with Crippen LogP contribution >= 0.6 is 0 Å². The van der Waals surface area contributed by atoms with Gasteiger partial charge in [0.05, 0.1) is 6.20 Å². The predicted octanol–water partition coefficient (Wildman–Crippen LogP) is 0.239. The second kappa shape index (κ2) is 5.07. The zero-order valence-electron chi connectivity index (χ0n) is 9.52. The number of amides is 1. The van der Waals surface area contributed by atoms with Gasteiger partial charge in [0.25, 0.3) is 0 Å². The van der Waals surface area contributed by atoms with Crippen molar-refractivity contribution in [3.63, 3.8) is 0 Å². The number of likely N-dealkylation sites (tertiary alicyclic amines) is 1. The first-order valence-corrected chi connectivity index (χ1v) is 5.62. The van der Waals surface area contributed by atoms with Crippen LogP contribution in [0, 0.1) is 0 Å². The van der Waals surface area contributed by atoms with Crippen molar-refractivity contribution in [2.45, 2.75) is 19.3 Å². The van der Waals surface area contributed by atoms with Gasteiger partial charge in [-0.2, -0.15) is 9.90 Å². The molecule has 2 rings (SSSR count). The summed E-state index contributed by atoms with van der Waals surface area (Å²) < 4.78 is 0. The number of carbonyl (C=O) groups excluding carboxylic acids is 1. The Balaban J connectivity index is 1.71. The SMILES string of the molecule is Cn1ncc(NC(=O)CCN2CCCC2)n1. The summed E-state index contributed by atoms with van der Waals surface area (Å²) in [6.45, 7) is 3.09. The van der Waals surface area contributed by atoms with Crippen LogP contribution in [0.25, 0.3) is 0 Å². The molecule has 0 unspecified atom stereocenters. The fourth-order valence-electron chi connectivity index (χ4n) is 1.87. The van der Waals surface area contributed by atoms with Crippen LogP contribution in [0.5, 0.6) is 0 Å². The Kier molecular flexibility index (Phi) is 3.51. The lowest BCUT2D eigenvalue weighted by atomic mass is 10.3. The van der Waals surface area contributed by atoms with Crippen LogP contribution in [-0.2, 0) is 11.8 Å². The molecule has 2 heterocycles. The minimum absolute atomic E-state index is 0.00685. The molecule has 0 aliphatic carbocycles. The second-order valence-electron chi connectivity index (χ2n) is 4.07. The topological polar surface area (TPSA) is 63.1 Å². The summed E-state index contributed by atoms with van der Waals surface area (Å²) in [5.74, 6) is 0.529. The molecule has 1 fully saturated rings. The van der Waals surface area contributed by atoms with Gasteiger partial charge in [-0.05, 0) is 25.9 Å². The van der Waals surface area contributed by atoms with Crippen molar-refractivity contribution in [2.24, 2.45) is 7.05 Å². The minimum Gasteiger partial charge on any atom is -0.308 e. The molecule has 0 spiro atoms. The molecule has 1 aromatic rings. The van der Waals surface area contributed by atoms with Crippen molar-refractivity contribution in [3.8, 4) is 0 Å². The number of hydrogen-bond donors (Lipinski definition) is 1. The summed E-state index contributed by atoms with van der Waals surface area (Å²) in [6.07, 6.45) is 4.59. The van der Waals surface area contributed by atoms with Crippen molar-refractivity contribution < 1.29 is 4.79 Å². The van der Waals surface area contributed by atoms with Crippen LogP contribution in [-0.4, -0.2) is 45.4 Å². The first kappa shape index (κ1) is 11.1. The van der Waals surface area contributed by atoms with E-state index in [0.29, 0.717) is 12.2 Å². The number of nitrogens with zero attached hydrogens (tertiary/aromatic N) is 4. The molecule has 1 aromatic heterocycles. The summed E-state index contributed by atoms with van der Waals surface area (Å²) in [5.41, 5.74) is 0. The number of anilines is 1. The van der Waals surface area contributed by atoms with Gasteiger partial charge in [0.15, 0.2) is 5.82 Å². The van der Waals surface area contributed by atoms with E-state index in [0.717, 1.165) is 19.6 Å². The van der Waals surface area contributed by atoms with Crippen LogP contribution in [0.15, 0.2) is 6.20 Å². The van der Waals surface area contributed by atoms with Gasteiger partial charge in [-0.15, -0.1) is 5.10 Å². The normalized spacial score (nSPS) is 16.6. The maximum absolute atomic E-state index is 11.6. The minimum atomic E-state index is 0.00685. The number of rotatable bonds is 4. The van der Waals surface area contributed by atoms with Crippen molar-refractivity contribution in [3.05, 3.63) is 6.20 Å². The van der Waals surface area contributed by atoms with Gasteiger partial charge in [0.2, 0.25) is 5.91 Å². The number of nitrogens with one attached hydrogen (secondary N) is 1. The number of aryl methyl sites for hydroxylation is 1. The standard InChI is InChI=1S/C10H17N5O/c1-14-11-8-9(13-14)12-10(16)4-7-15-5-2-3-6-15/h8H,2-7H2,1H3,(H,12,13,16). The smallest absolute Gasteiger partial charge is 0.226 e. The molecular weight excluding hydrogens is 206 g/mol. The molecule has 1 saturated heterocycles. The van der Waals surface area contributed by atoms with Crippen LogP contribution in [0.4, 0.5) is 5.82 Å². The molecule has 1 amide bonds. The molecule has 0 saturated carbocycles. The Labute approximate surface area is 94.6 Å². The molecule has 0 atom stereocenters. The van der Waals surface area contributed by atoms with Crippen molar-refractivity contribution in [2.75, 3.05) is 25.0 Å². The molecule has 6 heteroatoms. The lowest BCUT2D eigenvalue weighted by Crippen LogP contribution is -2.25. The van der Waals surface area contributed by atoms with Crippen LogP contribution in [0.2, 0.25) is 0 Å². The first-order chi connectivity index (χ1) is 7.74. The fourth-order valence-corrected chi connectivity index (χ4v) is 1.87. The van der Waals surface area contributed by atoms with E-state index >= 15 is 0 Å². The van der Waals surface area contributed by atoms with Crippen molar-refractivity contribution in [1.82, 2.24) is 19.9 Å². The molecule has 0 radical (unpaired) electrons. The van der Waals surface area contributed by atoms with E-state index in [9.17, 15) is 4.79 Å². The zero-order valence-corrected chi connectivity index (χ0v) is 9.52. The Morgan fingerprint density at radius 1 is 1.50 bits per heavy atom. The monoisotopic (exact) mass is 223 g/mol. The lowest BCUT2D eigenvalue weighted by Gasteiger charge is -2.13. The Morgan fingerprint density at radius 2 is 2.25 bits per heavy atom. The molecule has 6 nitrogen and oxygen atoms in total. The van der Waals surface area contributed by atoms with Gasteiger partial charge in [0, 0.05) is 20.0 Å². The molecule has 88 valence electrons. The van der Waals surface area contributed by atoms with Gasteiger partial charge >= 0.3 is 0 Å². The third kappa shape index (κ3) is 3.03. The van der Waals surface area contributed by atoms with E-state index in [2.05, 4.69) is 20.4 Å². The molecule has 1 aliphatic heterocycles. The predicted molar refractivity (Wildman–Crippen MR) is 59.9 cm³/mol. The van der Waals surface area contributed by atoms with Gasteiger partial charge in [-0.1, -0.05) is 0 Å². The van der Waals surface area contributed by atoms with Crippen LogP contribution in [0.3, 0.4) is 0 Å². The van der Waals surface area contributed by atoms with E-state index in [4.69, 9.17) is 0 Å². The van der Waals surface area contributed by atoms with E-state index in [1.807, 2.05) is 0 Å². The average molecular weight is 223 g/mol. The molecule has 1 aliphatic rings. The highest BCUT2D eigenvalue weighted by molar-refractivity contribution is 5.89. The van der Waals surface area contributed by atoms with Crippen molar-refractivity contribution in [1.29, 1.82) is 0 Å². The maximum Gasteiger partial charge on any atom is 0.226 e. The highest BCUT2D eigenvalue weighted by Crippen LogP contribution is 2.08. The second-order valence-corrected chi connectivity index (χ2v) is 4.07. The van der Waals surface area contributed by atoms with Crippen LogP contribution in [0.1, 0.15) is 19.3 Å². The average Bonchev–Trinajstić information content (AvgIpc) is 2.87. The van der Waals surface area contributed by atoms with Crippen molar-refractivity contribution >= 4 is 11.7 Å². The Bertz CT molecular complexity index is 356. The third-order valence-electron chi connectivity index (χ3n) is 2.72. The molecule has 0 aromatic carbocycles. The first-order valence-electron chi connectivity index (χ1n) is 5.62. The number of aromatic nitrogens is 3. The summed E-state index contributed by atoms with van der Waals surface area (Å²) >= 11 is 0. The van der Waals surface area contributed by atoms with Gasteiger partial charge in [-0.3, -0.25) is 4.79 Å². The quantitative estimate of drug-likeness (QED) is 0.794. The Morgan fingerprint density at radius 3 is 2.88 bits per heavy atom. The van der Waals surface area contributed by atoms with Gasteiger partial charge in [-0.25, -0.2) is 0 Å². The van der Waals surface area contributed by atoms with E-state index in [-0.39, 0.29) is 5.91 Å². The molecule has 0 bridgehead atoms. The summed E-state index contributed by atoms with van der Waals surface area (Å²) in [4.78, 5) is 15.3.